The normalized spacial score (nSPS) is 15.2. The Bertz CT molecular complexity index is 772. The maximum Gasteiger partial charge on any atom is 0.194 e. The van der Waals surface area contributed by atoms with Gasteiger partial charge in [0, 0.05) is 45.0 Å². The molecule has 0 radical (unpaired) electrons. The van der Waals surface area contributed by atoms with Crippen LogP contribution in [0.3, 0.4) is 0 Å². The highest BCUT2D eigenvalue weighted by Gasteiger charge is 2.22. The largest absolute Gasteiger partial charge is 0.378 e. The van der Waals surface area contributed by atoms with E-state index in [4.69, 9.17) is 4.74 Å². The Labute approximate surface area is 188 Å². The quantitative estimate of drug-likeness (QED) is 0.232. The second kappa shape index (κ2) is 12.5. The van der Waals surface area contributed by atoms with Crippen LogP contribution in [0.2, 0.25) is 0 Å². The van der Waals surface area contributed by atoms with E-state index in [1.165, 1.54) is 12.3 Å². The molecule has 0 spiro atoms. The molecular weight excluding hydrogens is 517 g/mol. The average Bonchev–Trinajstić information content (AvgIpc) is 2.65. The van der Waals surface area contributed by atoms with Crippen molar-refractivity contribution in [2.24, 2.45) is 4.99 Å². The molecule has 1 aliphatic rings. The number of hydrogen-bond donors (Lipinski definition) is 1. The number of hydrogen-bond acceptors (Lipinski definition) is 5. The maximum absolute atomic E-state index is 14.0. The molecule has 0 atom stereocenters. The Morgan fingerprint density at radius 1 is 1.21 bits per heavy atom. The SMILES string of the molecule is CCNC(=NCCOCCS(C)(=O)=O)N1CCN(c2cc(F)ccc2F)CC1.I. The summed E-state index contributed by atoms with van der Waals surface area (Å²) in [6.07, 6.45) is 1.17. The zero-order valence-electron chi connectivity index (χ0n) is 16.7. The first-order chi connectivity index (χ1) is 13.3. The number of ether oxygens (including phenoxy) is 1. The number of nitrogens with zero attached hydrogens (tertiary/aromatic N) is 3. The minimum absolute atomic E-state index is 0. The van der Waals surface area contributed by atoms with Gasteiger partial charge in [-0.05, 0) is 19.1 Å². The van der Waals surface area contributed by atoms with E-state index in [-0.39, 0.29) is 42.0 Å². The highest BCUT2D eigenvalue weighted by atomic mass is 127. The third-order valence-electron chi connectivity index (χ3n) is 4.26. The summed E-state index contributed by atoms with van der Waals surface area (Å²) in [4.78, 5) is 8.39. The molecule has 1 aromatic carbocycles. The van der Waals surface area contributed by atoms with Gasteiger partial charge >= 0.3 is 0 Å². The molecule has 166 valence electrons. The number of aliphatic imine (C=N–C) groups is 1. The van der Waals surface area contributed by atoms with Crippen molar-refractivity contribution in [3.63, 3.8) is 0 Å². The van der Waals surface area contributed by atoms with E-state index in [2.05, 4.69) is 15.2 Å². The van der Waals surface area contributed by atoms with Crippen LogP contribution in [0.4, 0.5) is 14.5 Å². The Balaban J connectivity index is 0.00000420. The molecule has 0 aromatic heterocycles. The molecular formula is C18H29F2IN4O3S. The van der Waals surface area contributed by atoms with Crippen LogP contribution in [0, 0.1) is 11.6 Å². The third-order valence-corrected chi connectivity index (χ3v) is 5.17. The molecule has 0 bridgehead atoms. The Morgan fingerprint density at radius 2 is 1.90 bits per heavy atom. The molecule has 1 saturated heterocycles. The minimum Gasteiger partial charge on any atom is -0.378 e. The molecule has 0 saturated carbocycles. The molecule has 1 aliphatic heterocycles. The fourth-order valence-electron chi connectivity index (χ4n) is 2.84. The minimum atomic E-state index is -3.02. The maximum atomic E-state index is 14.0. The van der Waals surface area contributed by atoms with Gasteiger partial charge in [0.05, 0.1) is 31.2 Å². The van der Waals surface area contributed by atoms with Crippen molar-refractivity contribution in [1.82, 2.24) is 10.2 Å². The topological polar surface area (TPSA) is 74.2 Å². The van der Waals surface area contributed by atoms with E-state index in [1.807, 2.05) is 11.8 Å². The highest BCUT2D eigenvalue weighted by molar-refractivity contribution is 14.0. The van der Waals surface area contributed by atoms with Crippen LogP contribution < -0.4 is 10.2 Å². The van der Waals surface area contributed by atoms with E-state index in [0.29, 0.717) is 45.9 Å². The summed E-state index contributed by atoms with van der Waals surface area (Å²) in [5, 5.41) is 3.21. The van der Waals surface area contributed by atoms with Crippen molar-refractivity contribution >= 4 is 45.5 Å². The zero-order valence-corrected chi connectivity index (χ0v) is 19.9. The predicted octanol–water partition coefficient (Wildman–Crippen LogP) is 1.73. The monoisotopic (exact) mass is 546 g/mol. The van der Waals surface area contributed by atoms with Gasteiger partial charge in [0.1, 0.15) is 21.5 Å². The molecule has 2 rings (SSSR count). The Hall–Kier alpha value is -1.21. The van der Waals surface area contributed by atoms with E-state index in [1.54, 1.807) is 0 Å². The fraction of sp³-hybridized carbons (Fsp3) is 0.611. The number of nitrogens with one attached hydrogen (secondary N) is 1. The summed E-state index contributed by atoms with van der Waals surface area (Å²) in [7, 11) is -3.02. The summed E-state index contributed by atoms with van der Waals surface area (Å²) in [6, 6.07) is 3.48. The summed E-state index contributed by atoms with van der Waals surface area (Å²) in [6.45, 7) is 5.91. The zero-order chi connectivity index (χ0) is 20.6. The Kier molecular flexibility index (Phi) is 11.1. The first kappa shape index (κ1) is 25.8. The Morgan fingerprint density at radius 3 is 2.52 bits per heavy atom. The summed E-state index contributed by atoms with van der Waals surface area (Å²) < 4.78 is 54.8. The molecule has 1 fully saturated rings. The number of guanidine groups is 1. The summed E-state index contributed by atoms with van der Waals surface area (Å²) >= 11 is 0. The third kappa shape index (κ3) is 8.99. The van der Waals surface area contributed by atoms with Crippen LogP contribution in [0.5, 0.6) is 0 Å². The highest BCUT2D eigenvalue weighted by Crippen LogP contribution is 2.21. The molecule has 29 heavy (non-hydrogen) atoms. The predicted molar refractivity (Wildman–Crippen MR) is 122 cm³/mol. The first-order valence-corrected chi connectivity index (χ1v) is 11.3. The smallest absolute Gasteiger partial charge is 0.194 e. The van der Waals surface area contributed by atoms with Crippen LogP contribution in [0.25, 0.3) is 0 Å². The van der Waals surface area contributed by atoms with Crippen LogP contribution >= 0.6 is 24.0 Å². The molecule has 7 nitrogen and oxygen atoms in total. The molecule has 1 N–H and O–H groups in total. The number of halogens is 3. The van der Waals surface area contributed by atoms with E-state index >= 15 is 0 Å². The van der Waals surface area contributed by atoms with Crippen LogP contribution in [-0.4, -0.2) is 83.8 Å². The molecule has 0 unspecified atom stereocenters. The van der Waals surface area contributed by atoms with Gasteiger partial charge in [0.25, 0.3) is 0 Å². The standard InChI is InChI=1S/C18H28F2N4O3S.HI/c1-3-21-18(22-6-11-27-12-13-28(2,25)26)24-9-7-23(8-10-24)17-14-15(19)4-5-16(17)20;/h4-5,14H,3,6-13H2,1-2H3,(H,21,22);1H. The van der Waals surface area contributed by atoms with Crippen molar-refractivity contribution in [2.75, 3.05) is 69.4 Å². The molecule has 0 amide bonds. The second-order valence-electron chi connectivity index (χ2n) is 6.55. The first-order valence-electron chi connectivity index (χ1n) is 9.29. The van der Waals surface area contributed by atoms with Crippen LogP contribution in [0.1, 0.15) is 6.92 Å². The van der Waals surface area contributed by atoms with Gasteiger partial charge in [-0.3, -0.25) is 4.99 Å². The molecule has 0 aliphatic carbocycles. The average molecular weight is 546 g/mol. The summed E-state index contributed by atoms with van der Waals surface area (Å²) in [5.74, 6) is -0.158. The number of sulfone groups is 1. The molecule has 1 heterocycles. The lowest BCUT2D eigenvalue weighted by Crippen LogP contribution is -2.52. The van der Waals surface area contributed by atoms with Gasteiger partial charge < -0.3 is 19.9 Å². The van der Waals surface area contributed by atoms with E-state index in [0.717, 1.165) is 18.1 Å². The van der Waals surface area contributed by atoms with Crippen molar-refractivity contribution in [3.05, 3.63) is 29.8 Å². The van der Waals surface area contributed by atoms with Crippen LogP contribution in [-0.2, 0) is 14.6 Å². The number of anilines is 1. The lowest BCUT2D eigenvalue weighted by atomic mass is 10.2. The lowest BCUT2D eigenvalue weighted by Gasteiger charge is -2.37. The fourth-order valence-corrected chi connectivity index (χ4v) is 3.26. The van der Waals surface area contributed by atoms with Gasteiger partial charge in [-0.15, -0.1) is 24.0 Å². The lowest BCUT2D eigenvalue weighted by molar-refractivity contribution is 0.157. The summed E-state index contributed by atoms with van der Waals surface area (Å²) in [5.41, 5.74) is 0.279. The van der Waals surface area contributed by atoms with E-state index in [9.17, 15) is 17.2 Å². The van der Waals surface area contributed by atoms with Gasteiger partial charge in [-0.25, -0.2) is 17.2 Å². The second-order valence-corrected chi connectivity index (χ2v) is 8.81. The van der Waals surface area contributed by atoms with Gasteiger partial charge in [0.15, 0.2) is 5.96 Å². The van der Waals surface area contributed by atoms with Gasteiger partial charge in [-0.2, -0.15) is 0 Å². The van der Waals surface area contributed by atoms with Crippen molar-refractivity contribution < 1.29 is 21.9 Å². The van der Waals surface area contributed by atoms with Crippen molar-refractivity contribution in [3.8, 4) is 0 Å². The van der Waals surface area contributed by atoms with Gasteiger partial charge in [0.2, 0.25) is 0 Å². The molecule has 1 aromatic rings. The van der Waals surface area contributed by atoms with Crippen LogP contribution in [0.15, 0.2) is 23.2 Å². The molecule has 11 heteroatoms. The number of piperazine rings is 1. The number of rotatable bonds is 8. The van der Waals surface area contributed by atoms with Gasteiger partial charge in [-0.1, -0.05) is 0 Å². The van der Waals surface area contributed by atoms with E-state index < -0.39 is 21.5 Å². The van der Waals surface area contributed by atoms with Crippen molar-refractivity contribution in [1.29, 1.82) is 0 Å². The number of benzene rings is 1. The van der Waals surface area contributed by atoms with Crippen molar-refractivity contribution in [2.45, 2.75) is 6.92 Å².